The van der Waals surface area contributed by atoms with Crippen LogP contribution in [0.2, 0.25) is 10.0 Å². The molecule has 2 rings (SSSR count). The molecule has 1 N–H and O–H groups in total. The summed E-state index contributed by atoms with van der Waals surface area (Å²) in [6.45, 7) is 2.05. The second-order valence-electron chi connectivity index (χ2n) is 3.87. The highest BCUT2D eigenvalue weighted by Gasteiger charge is 2.25. The fourth-order valence-corrected chi connectivity index (χ4v) is 3.46. The van der Waals surface area contributed by atoms with Gasteiger partial charge < -0.3 is 5.11 Å². The Morgan fingerprint density at radius 2 is 2.13 bits per heavy atom. The van der Waals surface area contributed by atoms with Crippen molar-refractivity contribution < 1.29 is 5.11 Å². The molecule has 0 spiro atoms. The van der Waals surface area contributed by atoms with Crippen molar-refractivity contribution >= 4 is 35.0 Å². The van der Waals surface area contributed by atoms with E-state index in [1.807, 2.05) is 6.07 Å². The standard InChI is InChI=1S/C11H12Cl2OS/c1-6-4-15-5-8-7(11(6)14)2-3-9(12)10(8)13/h2-3,6,11,14H,4-5H2,1H3. The Morgan fingerprint density at radius 3 is 2.87 bits per heavy atom. The molecule has 0 fully saturated rings. The lowest BCUT2D eigenvalue weighted by Gasteiger charge is -2.17. The van der Waals surface area contributed by atoms with Gasteiger partial charge in [-0.05, 0) is 28.9 Å². The summed E-state index contributed by atoms with van der Waals surface area (Å²) < 4.78 is 0. The van der Waals surface area contributed by atoms with E-state index in [0.29, 0.717) is 10.0 Å². The zero-order valence-corrected chi connectivity index (χ0v) is 10.7. The number of aliphatic hydroxyl groups is 1. The lowest BCUT2D eigenvalue weighted by molar-refractivity contribution is 0.129. The zero-order valence-electron chi connectivity index (χ0n) is 8.34. The van der Waals surface area contributed by atoms with Gasteiger partial charge in [-0.1, -0.05) is 36.2 Å². The molecule has 0 bridgehead atoms. The molecule has 0 saturated carbocycles. The van der Waals surface area contributed by atoms with Crippen molar-refractivity contribution in [3.8, 4) is 0 Å². The highest BCUT2D eigenvalue weighted by molar-refractivity contribution is 7.98. The van der Waals surface area contributed by atoms with Crippen LogP contribution in [0, 0.1) is 5.92 Å². The summed E-state index contributed by atoms with van der Waals surface area (Å²) in [5.74, 6) is 2.04. The minimum Gasteiger partial charge on any atom is -0.388 e. The van der Waals surface area contributed by atoms with E-state index >= 15 is 0 Å². The van der Waals surface area contributed by atoms with Crippen molar-refractivity contribution in [3.05, 3.63) is 33.3 Å². The number of benzene rings is 1. The van der Waals surface area contributed by atoms with E-state index in [1.165, 1.54) is 0 Å². The van der Waals surface area contributed by atoms with Crippen molar-refractivity contribution in [1.29, 1.82) is 0 Å². The predicted molar refractivity (Wildman–Crippen MR) is 66.7 cm³/mol. The Kier molecular flexibility index (Phi) is 3.51. The van der Waals surface area contributed by atoms with Crippen molar-refractivity contribution in [2.75, 3.05) is 5.75 Å². The summed E-state index contributed by atoms with van der Waals surface area (Å²) >= 11 is 13.9. The van der Waals surface area contributed by atoms with Crippen LogP contribution in [0.15, 0.2) is 12.1 Å². The van der Waals surface area contributed by atoms with Gasteiger partial charge in [-0.3, -0.25) is 0 Å². The first-order chi connectivity index (χ1) is 7.11. The largest absolute Gasteiger partial charge is 0.388 e. The summed E-state index contributed by atoms with van der Waals surface area (Å²) in [5.41, 5.74) is 1.92. The first-order valence-electron chi connectivity index (χ1n) is 4.84. The molecule has 1 nitrogen and oxygen atoms in total. The normalized spacial score (nSPS) is 25.9. The molecular weight excluding hydrogens is 251 g/mol. The van der Waals surface area contributed by atoms with Gasteiger partial charge in [-0.25, -0.2) is 0 Å². The summed E-state index contributed by atoms with van der Waals surface area (Å²) in [5, 5.41) is 11.3. The third-order valence-corrected chi connectivity index (χ3v) is 4.81. The Balaban J connectivity index is 2.53. The van der Waals surface area contributed by atoms with Gasteiger partial charge in [-0.15, -0.1) is 0 Å². The average Bonchev–Trinajstić information content (AvgIpc) is 2.35. The second kappa shape index (κ2) is 4.54. The van der Waals surface area contributed by atoms with E-state index in [-0.39, 0.29) is 5.92 Å². The van der Waals surface area contributed by atoms with Gasteiger partial charge in [0, 0.05) is 5.75 Å². The Labute approximate surface area is 104 Å². The van der Waals surface area contributed by atoms with Crippen LogP contribution in [-0.4, -0.2) is 10.9 Å². The number of hydrogen-bond donors (Lipinski definition) is 1. The van der Waals surface area contributed by atoms with Crippen molar-refractivity contribution in [1.82, 2.24) is 0 Å². The zero-order chi connectivity index (χ0) is 11.0. The third kappa shape index (κ3) is 2.14. The van der Waals surface area contributed by atoms with Crippen LogP contribution in [0.25, 0.3) is 0 Å². The molecule has 2 atom stereocenters. The summed E-state index contributed by atoms with van der Waals surface area (Å²) in [7, 11) is 0. The first-order valence-corrected chi connectivity index (χ1v) is 6.75. The molecule has 1 aliphatic heterocycles. The maximum atomic E-state index is 10.1. The first kappa shape index (κ1) is 11.6. The minimum absolute atomic E-state index is 0.258. The second-order valence-corrected chi connectivity index (χ2v) is 5.68. The van der Waals surface area contributed by atoms with Gasteiger partial charge in [0.25, 0.3) is 0 Å². The lowest BCUT2D eigenvalue weighted by atomic mass is 9.95. The van der Waals surface area contributed by atoms with Crippen LogP contribution in [0.4, 0.5) is 0 Å². The Morgan fingerprint density at radius 1 is 1.40 bits per heavy atom. The molecule has 0 saturated heterocycles. The predicted octanol–water partition coefficient (Wildman–Crippen LogP) is 3.91. The average molecular weight is 263 g/mol. The topological polar surface area (TPSA) is 20.2 Å². The van der Waals surface area contributed by atoms with Crippen LogP contribution in [-0.2, 0) is 5.75 Å². The highest BCUT2D eigenvalue weighted by Crippen LogP contribution is 2.39. The fourth-order valence-electron chi connectivity index (χ4n) is 1.78. The monoisotopic (exact) mass is 262 g/mol. The highest BCUT2D eigenvalue weighted by atomic mass is 35.5. The van der Waals surface area contributed by atoms with E-state index in [9.17, 15) is 5.11 Å². The van der Waals surface area contributed by atoms with Crippen LogP contribution >= 0.6 is 35.0 Å². The lowest BCUT2D eigenvalue weighted by Crippen LogP contribution is -2.10. The molecule has 0 aromatic heterocycles. The third-order valence-electron chi connectivity index (χ3n) is 2.72. The number of hydrogen-bond acceptors (Lipinski definition) is 2. The van der Waals surface area contributed by atoms with Crippen LogP contribution in [0.3, 0.4) is 0 Å². The summed E-state index contributed by atoms with van der Waals surface area (Å²) in [4.78, 5) is 0. The van der Waals surface area contributed by atoms with Crippen LogP contribution in [0.1, 0.15) is 24.2 Å². The molecule has 0 amide bonds. The molecule has 4 heteroatoms. The van der Waals surface area contributed by atoms with Gasteiger partial charge >= 0.3 is 0 Å². The van der Waals surface area contributed by atoms with Crippen molar-refractivity contribution in [2.45, 2.75) is 18.8 Å². The van der Waals surface area contributed by atoms with E-state index < -0.39 is 6.10 Å². The molecule has 82 valence electrons. The molecule has 1 aliphatic rings. The van der Waals surface area contributed by atoms with Gasteiger partial charge in [0.2, 0.25) is 0 Å². The molecular formula is C11H12Cl2OS. The molecule has 1 aromatic rings. The van der Waals surface area contributed by atoms with E-state index in [1.54, 1.807) is 17.8 Å². The van der Waals surface area contributed by atoms with Gasteiger partial charge in [-0.2, -0.15) is 11.8 Å². The fraction of sp³-hybridized carbons (Fsp3) is 0.455. The Bertz CT molecular complexity index is 381. The SMILES string of the molecule is CC1CSCc2c(ccc(Cl)c2Cl)C1O. The van der Waals surface area contributed by atoms with E-state index in [2.05, 4.69) is 6.92 Å². The quantitative estimate of drug-likeness (QED) is 0.765. The molecule has 0 radical (unpaired) electrons. The minimum atomic E-state index is -0.426. The van der Waals surface area contributed by atoms with E-state index in [4.69, 9.17) is 23.2 Å². The maximum absolute atomic E-state index is 10.1. The van der Waals surface area contributed by atoms with Crippen molar-refractivity contribution in [2.24, 2.45) is 5.92 Å². The number of halogens is 2. The number of thioether (sulfide) groups is 1. The van der Waals surface area contributed by atoms with Gasteiger partial charge in [0.05, 0.1) is 16.1 Å². The van der Waals surface area contributed by atoms with Gasteiger partial charge in [0.15, 0.2) is 0 Å². The molecule has 1 heterocycles. The molecule has 15 heavy (non-hydrogen) atoms. The molecule has 1 aromatic carbocycles. The molecule has 2 unspecified atom stereocenters. The van der Waals surface area contributed by atoms with Gasteiger partial charge in [0.1, 0.15) is 0 Å². The van der Waals surface area contributed by atoms with Crippen molar-refractivity contribution in [3.63, 3.8) is 0 Å². The maximum Gasteiger partial charge on any atom is 0.0826 e. The smallest absolute Gasteiger partial charge is 0.0826 e. The van der Waals surface area contributed by atoms with E-state index in [0.717, 1.165) is 22.6 Å². The Hall–Kier alpha value is 0.110. The summed E-state index contributed by atoms with van der Waals surface area (Å²) in [6, 6.07) is 3.64. The number of fused-ring (bicyclic) bond motifs is 1. The number of aliphatic hydroxyl groups excluding tert-OH is 1. The molecule has 0 aliphatic carbocycles. The summed E-state index contributed by atoms with van der Waals surface area (Å²) in [6.07, 6.45) is -0.426. The van der Waals surface area contributed by atoms with Crippen LogP contribution < -0.4 is 0 Å². The van der Waals surface area contributed by atoms with Crippen LogP contribution in [0.5, 0.6) is 0 Å². The number of rotatable bonds is 0.